The molecule has 4 aromatic rings. The van der Waals surface area contributed by atoms with Gasteiger partial charge in [-0.25, -0.2) is 13.4 Å². The fourth-order valence-corrected chi connectivity index (χ4v) is 4.92. The highest BCUT2D eigenvalue weighted by Crippen LogP contribution is 2.36. The molecule has 0 bridgehead atoms. The number of imidazole rings is 1. The summed E-state index contributed by atoms with van der Waals surface area (Å²) in [5.41, 5.74) is 1.24. The first kappa shape index (κ1) is 25.9. The Morgan fingerprint density at radius 3 is 2.14 bits per heavy atom. The summed E-state index contributed by atoms with van der Waals surface area (Å²) in [6.07, 6.45) is 1.36. The first-order valence-corrected chi connectivity index (χ1v) is 12.7. The molecule has 1 amide bonds. The van der Waals surface area contributed by atoms with Crippen molar-refractivity contribution in [3.63, 3.8) is 0 Å². The maximum absolute atomic E-state index is 13.1. The lowest BCUT2D eigenvalue weighted by atomic mass is 10.1. The van der Waals surface area contributed by atoms with E-state index in [0.29, 0.717) is 33.6 Å². The predicted molar refractivity (Wildman–Crippen MR) is 140 cm³/mol. The molecule has 3 aromatic carbocycles. The average Bonchev–Trinajstić information content (AvgIpc) is 3.39. The Balaban J connectivity index is 1.60. The van der Waals surface area contributed by atoms with Crippen LogP contribution in [0.5, 0.6) is 17.2 Å². The number of anilines is 2. The third-order valence-electron chi connectivity index (χ3n) is 5.29. The second kappa shape index (κ2) is 10.8. The Morgan fingerprint density at radius 1 is 0.892 bits per heavy atom. The normalized spacial score (nSPS) is 11.0. The third kappa shape index (κ3) is 5.63. The Labute approximate surface area is 218 Å². The SMILES string of the molecule is COc1ccc(NC(=O)c2cnc(-c3c(OC)cccc3OC)[nH]2)cc1S(=O)(=O)Nc1ccc(Cl)cc1. The van der Waals surface area contributed by atoms with Gasteiger partial charge in [-0.1, -0.05) is 17.7 Å². The molecule has 0 unspecified atom stereocenters. The second-order valence-electron chi connectivity index (χ2n) is 7.62. The number of halogens is 1. The summed E-state index contributed by atoms with van der Waals surface area (Å²) >= 11 is 5.88. The van der Waals surface area contributed by atoms with Gasteiger partial charge in [0.2, 0.25) is 0 Å². The second-order valence-corrected chi connectivity index (χ2v) is 9.70. The van der Waals surface area contributed by atoms with Crippen molar-refractivity contribution in [1.29, 1.82) is 0 Å². The summed E-state index contributed by atoms with van der Waals surface area (Å²) in [6, 6.07) is 15.7. The average molecular weight is 543 g/mol. The van der Waals surface area contributed by atoms with Crippen molar-refractivity contribution in [2.24, 2.45) is 0 Å². The fraction of sp³-hybridized carbons (Fsp3) is 0.120. The first-order valence-electron chi connectivity index (χ1n) is 10.8. The zero-order valence-corrected chi connectivity index (χ0v) is 21.6. The number of sulfonamides is 1. The number of rotatable bonds is 9. The zero-order valence-electron chi connectivity index (χ0n) is 20.0. The highest BCUT2D eigenvalue weighted by atomic mass is 35.5. The monoisotopic (exact) mass is 542 g/mol. The van der Waals surface area contributed by atoms with Crippen molar-refractivity contribution in [3.05, 3.63) is 77.6 Å². The molecule has 3 N–H and O–H groups in total. The molecule has 1 heterocycles. The van der Waals surface area contributed by atoms with Gasteiger partial charge in [-0.15, -0.1) is 0 Å². The predicted octanol–water partition coefficient (Wildman–Crippen LogP) is 4.81. The lowest BCUT2D eigenvalue weighted by Crippen LogP contribution is -2.16. The molecule has 0 saturated carbocycles. The number of aromatic amines is 1. The number of nitrogens with zero attached hydrogens (tertiary/aromatic N) is 1. The van der Waals surface area contributed by atoms with Crippen LogP contribution < -0.4 is 24.2 Å². The minimum atomic E-state index is -4.06. The number of benzene rings is 3. The van der Waals surface area contributed by atoms with Crippen molar-refractivity contribution in [3.8, 4) is 28.6 Å². The van der Waals surface area contributed by atoms with Crippen LogP contribution in [0.15, 0.2) is 71.8 Å². The van der Waals surface area contributed by atoms with Gasteiger partial charge in [-0.05, 0) is 54.6 Å². The maximum atomic E-state index is 13.1. The molecule has 10 nitrogen and oxygen atoms in total. The number of hydrogen-bond acceptors (Lipinski definition) is 7. The standard InChI is InChI=1S/C25H23ClN4O6S/c1-34-19-12-11-17(13-22(19)37(32,33)30-16-9-7-15(26)8-10-16)28-25(31)18-14-27-24(29-18)23-20(35-2)5-4-6-21(23)36-3/h4-14,30H,1-3H3,(H,27,29)(H,28,31). The number of carbonyl (C=O) groups excluding carboxylic acids is 1. The Bertz CT molecular complexity index is 1520. The molecule has 0 radical (unpaired) electrons. The number of ether oxygens (including phenoxy) is 3. The molecule has 0 aliphatic carbocycles. The minimum Gasteiger partial charge on any atom is -0.496 e. The van der Waals surface area contributed by atoms with Crippen LogP contribution in [0.4, 0.5) is 11.4 Å². The summed E-state index contributed by atoms with van der Waals surface area (Å²) < 4.78 is 44.7. The topological polar surface area (TPSA) is 132 Å². The molecule has 0 aliphatic rings. The lowest BCUT2D eigenvalue weighted by molar-refractivity contribution is 0.102. The number of aromatic nitrogens is 2. The van der Waals surface area contributed by atoms with Crippen LogP contribution >= 0.6 is 11.6 Å². The van der Waals surface area contributed by atoms with Crippen molar-refractivity contribution in [2.45, 2.75) is 4.90 Å². The van der Waals surface area contributed by atoms with Gasteiger partial charge in [-0.2, -0.15) is 0 Å². The Kier molecular flexibility index (Phi) is 7.55. The van der Waals surface area contributed by atoms with Gasteiger partial charge in [0.25, 0.3) is 15.9 Å². The molecular weight excluding hydrogens is 520 g/mol. The van der Waals surface area contributed by atoms with E-state index in [1.807, 2.05) is 0 Å². The third-order valence-corrected chi connectivity index (χ3v) is 6.95. The van der Waals surface area contributed by atoms with E-state index in [9.17, 15) is 13.2 Å². The zero-order chi connectivity index (χ0) is 26.6. The van der Waals surface area contributed by atoms with E-state index >= 15 is 0 Å². The molecule has 0 fully saturated rings. The number of methoxy groups -OCH3 is 3. The van der Waals surface area contributed by atoms with Crippen molar-refractivity contribution in [1.82, 2.24) is 9.97 Å². The van der Waals surface area contributed by atoms with Crippen molar-refractivity contribution >= 4 is 38.9 Å². The molecule has 12 heteroatoms. The van der Waals surface area contributed by atoms with E-state index in [1.54, 1.807) is 30.3 Å². The number of hydrogen-bond donors (Lipinski definition) is 3. The largest absolute Gasteiger partial charge is 0.496 e. The Hall–Kier alpha value is -4.22. The fourth-order valence-electron chi connectivity index (χ4n) is 3.54. The van der Waals surface area contributed by atoms with Gasteiger partial charge in [0.15, 0.2) is 0 Å². The van der Waals surface area contributed by atoms with E-state index in [-0.39, 0.29) is 22.0 Å². The summed E-state index contributed by atoms with van der Waals surface area (Å²) in [5.74, 6) is 0.959. The highest BCUT2D eigenvalue weighted by molar-refractivity contribution is 7.92. The van der Waals surface area contributed by atoms with Gasteiger partial charge >= 0.3 is 0 Å². The molecule has 192 valence electrons. The summed E-state index contributed by atoms with van der Waals surface area (Å²) in [5, 5.41) is 3.15. The van der Waals surface area contributed by atoms with Crippen LogP contribution in [0.1, 0.15) is 10.5 Å². The van der Waals surface area contributed by atoms with Crippen LogP contribution in [0.3, 0.4) is 0 Å². The van der Waals surface area contributed by atoms with Gasteiger partial charge in [0, 0.05) is 16.4 Å². The van der Waals surface area contributed by atoms with E-state index in [2.05, 4.69) is 20.0 Å². The maximum Gasteiger partial charge on any atom is 0.273 e. The smallest absolute Gasteiger partial charge is 0.273 e. The first-order chi connectivity index (χ1) is 17.7. The number of nitrogens with one attached hydrogen (secondary N) is 3. The lowest BCUT2D eigenvalue weighted by Gasteiger charge is -2.13. The van der Waals surface area contributed by atoms with Gasteiger partial charge < -0.3 is 24.5 Å². The summed E-state index contributed by atoms with van der Waals surface area (Å²) in [7, 11) is 0.337. The molecule has 0 saturated heterocycles. The van der Waals surface area contributed by atoms with Crippen molar-refractivity contribution in [2.75, 3.05) is 31.4 Å². The van der Waals surface area contributed by atoms with Gasteiger partial charge in [-0.3, -0.25) is 9.52 Å². The minimum absolute atomic E-state index is 0.103. The molecule has 4 rings (SSSR count). The molecule has 1 aromatic heterocycles. The molecule has 0 atom stereocenters. The van der Waals surface area contributed by atoms with E-state index in [1.165, 1.54) is 57.9 Å². The summed E-state index contributed by atoms with van der Waals surface area (Å²) in [4.78, 5) is 20.0. The van der Waals surface area contributed by atoms with Crippen molar-refractivity contribution < 1.29 is 27.4 Å². The van der Waals surface area contributed by atoms with Gasteiger partial charge in [0.05, 0.1) is 27.5 Å². The Morgan fingerprint density at radius 2 is 1.51 bits per heavy atom. The van der Waals surface area contributed by atoms with Gasteiger partial charge in [0.1, 0.15) is 39.2 Å². The number of amides is 1. The van der Waals surface area contributed by atoms with E-state index < -0.39 is 15.9 Å². The molecular formula is C25H23ClN4O6S. The number of carbonyl (C=O) groups is 1. The molecule has 0 aliphatic heterocycles. The van der Waals surface area contributed by atoms with Crippen LogP contribution in [0.2, 0.25) is 5.02 Å². The molecule has 37 heavy (non-hydrogen) atoms. The van der Waals surface area contributed by atoms with Crippen LogP contribution in [-0.2, 0) is 10.0 Å². The van der Waals surface area contributed by atoms with E-state index in [4.69, 9.17) is 25.8 Å². The summed E-state index contributed by atoms with van der Waals surface area (Å²) in [6.45, 7) is 0. The van der Waals surface area contributed by atoms with Crippen LogP contribution in [0.25, 0.3) is 11.4 Å². The number of H-pyrrole nitrogens is 1. The highest BCUT2D eigenvalue weighted by Gasteiger charge is 2.22. The van der Waals surface area contributed by atoms with E-state index in [0.717, 1.165) is 0 Å². The molecule has 0 spiro atoms. The van der Waals surface area contributed by atoms with Crippen LogP contribution in [-0.4, -0.2) is 45.6 Å². The van der Waals surface area contributed by atoms with Crippen LogP contribution in [0, 0.1) is 0 Å². The quantitative estimate of drug-likeness (QED) is 0.276.